The Balaban J connectivity index is 0.00000529. The third-order valence-electron chi connectivity index (χ3n) is 3.01. The van der Waals surface area contributed by atoms with E-state index in [0.29, 0.717) is 13.1 Å². The monoisotopic (exact) mass is 470 g/mol. The lowest BCUT2D eigenvalue weighted by Gasteiger charge is -2.22. The lowest BCUT2D eigenvalue weighted by molar-refractivity contribution is 0.414. The summed E-state index contributed by atoms with van der Waals surface area (Å²) in [6, 6.07) is 7.85. The summed E-state index contributed by atoms with van der Waals surface area (Å²) in [7, 11) is 0.406. The van der Waals surface area contributed by atoms with Gasteiger partial charge in [-0.3, -0.25) is 4.99 Å². The molecule has 0 heterocycles. The van der Waals surface area contributed by atoms with Crippen LogP contribution in [0.1, 0.15) is 12.5 Å². The van der Waals surface area contributed by atoms with Gasteiger partial charge < -0.3 is 15.0 Å². The van der Waals surface area contributed by atoms with Crippen LogP contribution in [0.25, 0.3) is 0 Å². The van der Waals surface area contributed by atoms with E-state index in [-0.39, 0.29) is 30.5 Å². The molecule has 0 fully saturated rings. The summed E-state index contributed by atoms with van der Waals surface area (Å²) < 4.78 is 29.6. The highest BCUT2D eigenvalue weighted by Crippen LogP contribution is 2.12. The van der Waals surface area contributed by atoms with E-state index in [1.165, 1.54) is 0 Å². The van der Waals surface area contributed by atoms with Gasteiger partial charge in [-0.15, -0.1) is 24.0 Å². The van der Waals surface area contributed by atoms with Gasteiger partial charge >= 0.3 is 0 Å². The Bertz CT molecular complexity index is 606. The first-order valence-corrected chi connectivity index (χ1v) is 9.32. The second-order valence-electron chi connectivity index (χ2n) is 5.11. The molecule has 0 aliphatic carbocycles. The number of nitrogens with one attached hydrogen (secondary N) is 2. The van der Waals surface area contributed by atoms with E-state index in [1.807, 2.05) is 43.1 Å². The Morgan fingerprint density at radius 3 is 2.42 bits per heavy atom. The summed E-state index contributed by atoms with van der Waals surface area (Å²) in [5, 5.41) is 3.20. The number of ether oxygens (including phenoxy) is 1. The number of hydrogen-bond acceptors (Lipinski definition) is 4. The summed E-state index contributed by atoms with van der Waals surface area (Å²) in [6.07, 6.45) is 1.14. The van der Waals surface area contributed by atoms with E-state index >= 15 is 0 Å². The first-order chi connectivity index (χ1) is 10.9. The molecule has 0 bridgehead atoms. The molecule has 0 aliphatic heterocycles. The van der Waals surface area contributed by atoms with Gasteiger partial charge in [0.2, 0.25) is 10.0 Å². The van der Waals surface area contributed by atoms with E-state index in [4.69, 9.17) is 4.74 Å². The molecule has 9 heteroatoms. The van der Waals surface area contributed by atoms with Gasteiger partial charge in [0.05, 0.1) is 19.9 Å². The normalized spacial score (nSPS) is 11.6. The van der Waals surface area contributed by atoms with Crippen LogP contribution in [0.4, 0.5) is 0 Å². The minimum Gasteiger partial charge on any atom is -0.497 e. The lowest BCUT2D eigenvalue weighted by atomic mass is 10.2. The zero-order valence-electron chi connectivity index (χ0n) is 14.6. The zero-order chi connectivity index (χ0) is 17.3. The number of methoxy groups -OCH3 is 1. The van der Waals surface area contributed by atoms with Crippen LogP contribution in [0.2, 0.25) is 0 Å². The van der Waals surface area contributed by atoms with Crippen LogP contribution in [0, 0.1) is 0 Å². The second-order valence-corrected chi connectivity index (χ2v) is 6.94. The van der Waals surface area contributed by atoms with Crippen LogP contribution in [0.3, 0.4) is 0 Å². The van der Waals surface area contributed by atoms with E-state index in [0.717, 1.165) is 30.1 Å². The van der Waals surface area contributed by atoms with Crippen molar-refractivity contribution in [3.63, 3.8) is 0 Å². The van der Waals surface area contributed by atoms with E-state index in [1.54, 1.807) is 7.11 Å². The molecule has 0 saturated carbocycles. The van der Waals surface area contributed by atoms with Gasteiger partial charge in [-0.2, -0.15) is 0 Å². The first-order valence-electron chi connectivity index (χ1n) is 7.42. The van der Waals surface area contributed by atoms with Crippen molar-refractivity contribution in [2.24, 2.45) is 4.99 Å². The maximum atomic E-state index is 11.0. The van der Waals surface area contributed by atoms with Crippen LogP contribution in [0.15, 0.2) is 29.3 Å². The quantitative estimate of drug-likeness (QED) is 0.259. The molecule has 0 unspecified atom stereocenters. The number of benzene rings is 1. The average Bonchev–Trinajstić information content (AvgIpc) is 2.50. The molecule has 0 aromatic heterocycles. The van der Waals surface area contributed by atoms with Crippen LogP contribution >= 0.6 is 24.0 Å². The van der Waals surface area contributed by atoms with Crippen LogP contribution in [0.5, 0.6) is 5.75 Å². The summed E-state index contributed by atoms with van der Waals surface area (Å²) in [5.41, 5.74) is 1.13. The molecule has 1 aromatic carbocycles. The fourth-order valence-electron chi connectivity index (χ4n) is 1.94. The predicted molar refractivity (Wildman–Crippen MR) is 109 cm³/mol. The van der Waals surface area contributed by atoms with E-state index in [2.05, 4.69) is 15.0 Å². The van der Waals surface area contributed by atoms with Crippen molar-refractivity contribution >= 4 is 40.0 Å². The van der Waals surface area contributed by atoms with Crippen molar-refractivity contribution in [2.75, 3.05) is 40.0 Å². The molecule has 138 valence electrons. The van der Waals surface area contributed by atoms with Gasteiger partial charge in [-0.05, 0) is 24.6 Å². The van der Waals surface area contributed by atoms with Gasteiger partial charge in [0.15, 0.2) is 5.96 Å². The van der Waals surface area contributed by atoms with Crippen molar-refractivity contribution in [1.82, 2.24) is 14.9 Å². The number of aliphatic imine (C=N–C) groups is 1. The van der Waals surface area contributed by atoms with Gasteiger partial charge in [-0.25, -0.2) is 13.1 Å². The number of nitrogens with zero attached hydrogens (tertiary/aromatic N) is 2. The highest BCUT2D eigenvalue weighted by Gasteiger charge is 2.07. The van der Waals surface area contributed by atoms with E-state index < -0.39 is 10.0 Å². The third-order valence-corrected chi connectivity index (χ3v) is 3.74. The van der Waals surface area contributed by atoms with Crippen molar-refractivity contribution in [3.05, 3.63) is 29.8 Å². The molecule has 0 radical (unpaired) electrons. The zero-order valence-corrected chi connectivity index (χ0v) is 17.7. The van der Waals surface area contributed by atoms with Gasteiger partial charge in [0, 0.05) is 26.7 Å². The third kappa shape index (κ3) is 9.28. The standard InChI is InChI=1S/C15H26N4O3S.HI/c1-5-16-15(17-10-11-18-23(4,20)21)19(2)12-13-6-8-14(22-3)9-7-13;/h6-9,18H,5,10-12H2,1-4H3,(H,16,17);1H. The molecule has 0 saturated heterocycles. The number of halogens is 1. The molecule has 2 N–H and O–H groups in total. The van der Waals surface area contributed by atoms with E-state index in [9.17, 15) is 8.42 Å². The molecule has 0 amide bonds. The second kappa shape index (κ2) is 11.5. The largest absolute Gasteiger partial charge is 0.497 e. The van der Waals surface area contributed by atoms with Gasteiger partial charge in [0.1, 0.15) is 5.75 Å². The van der Waals surface area contributed by atoms with Gasteiger partial charge in [0.25, 0.3) is 0 Å². The molecule has 24 heavy (non-hydrogen) atoms. The van der Waals surface area contributed by atoms with Crippen LogP contribution in [-0.2, 0) is 16.6 Å². The Morgan fingerprint density at radius 1 is 1.29 bits per heavy atom. The minimum absolute atomic E-state index is 0. The summed E-state index contributed by atoms with van der Waals surface area (Å²) >= 11 is 0. The molecule has 0 aliphatic rings. The van der Waals surface area contributed by atoms with Crippen molar-refractivity contribution in [3.8, 4) is 5.75 Å². The fraction of sp³-hybridized carbons (Fsp3) is 0.533. The number of guanidine groups is 1. The summed E-state index contributed by atoms with van der Waals surface area (Å²) in [5.74, 6) is 1.56. The highest BCUT2D eigenvalue weighted by atomic mass is 127. The predicted octanol–water partition coefficient (Wildman–Crippen LogP) is 1.26. The molecular formula is C15H27IN4O3S. The Morgan fingerprint density at radius 2 is 1.92 bits per heavy atom. The Labute approximate surface area is 161 Å². The molecule has 0 spiro atoms. The maximum Gasteiger partial charge on any atom is 0.208 e. The smallest absolute Gasteiger partial charge is 0.208 e. The average molecular weight is 470 g/mol. The summed E-state index contributed by atoms with van der Waals surface area (Å²) in [4.78, 5) is 6.42. The first kappa shape index (κ1) is 22.9. The topological polar surface area (TPSA) is 83.0 Å². The number of rotatable bonds is 8. The van der Waals surface area contributed by atoms with Crippen molar-refractivity contribution in [2.45, 2.75) is 13.5 Å². The summed E-state index contributed by atoms with van der Waals surface area (Å²) in [6.45, 7) is 4.08. The Kier molecular flexibility index (Phi) is 11.0. The molecule has 0 atom stereocenters. The van der Waals surface area contributed by atoms with Gasteiger partial charge in [-0.1, -0.05) is 12.1 Å². The molecule has 1 aromatic rings. The number of hydrogen-bond donors (Lipinski definition) is 2. The lowest BCUT2D eigenvalue weighted by Crippen LogP contribution is -2.39. The maximum absolute atomic E-state index is 11.0. The van der Waals surface area contributed by atoms with Crippen molar-refractivity contribution in [1.29, 1.82) is 0 Å². The molecular weight excluding hydrogens is 443 g/mol. The SMILES string of the molecule is CCNC(=NCCNS(C)(=O)=O)N(C)Cc1ccc(OC)cc1.I. The molecule has 7 nitrogen and oxygen atoms in total. The van der Waals surface area contributed by atoms with Crippen molar-refractivity contribution < 1.29 is 13.2 Å². The molecule has 1 rings (SSSR count). The highest BCUT2D eigenvalue weighted by molar-refractivity contribution is 14.0. The minimum atomic E-state index is -3.17. The van der Waals surface area contributed by atoms with Crippen LogP contribution in [-0.4, -0.2) is 59.3 Å². The Hall–Kier alpha value is -1.07. The van der Waals surface area contributed by atoms with Crippen LogP contribution < -0.4 is 14.8 Å². The number of sulfonamides is 1. The fourth-order valence-corrected chi connectivity index (χ4v) is 2.40.